The minimum Gasteiger partial charge on any atom is -0.302 e. The molecule has 2 aromatic rings. The van der Waals surface area contributed by atoms with Crippen molar-refractivity contribution < 1.29 is 0 Å². The number of rotatable bonds is 5. The summed E-state index contributed by atoms with van der Waals surface area (Å²) in [5.74, 6) is 1.44. The first-order valence-corrected chi connectivity index (χ1v) is 9.49. The van der Waals surface area contributed by atoms with Crippen LogP contribution in [0.1, 0.15) is 32.1 Å². The van der Waals surface area contributed by atoms with Crippen molar-refractivity contribution >= 4 is 0 Å². The fourth-order valence-corrected chi connectivity index (χ4v) is 4.18. The van der Waals surface area contributed by atoms with Crippen molar-refractivity contribution in [2.75, 3.05) is 19.6 Å². The Balaban J connectivity index is 1.35. The minimum absolute atomic E-state index is 0.0106. The lowest BCUT2D eigenvalue weighted by atomic mass is 9.87. The molecule has 1 saturated carbocycles. The van der Waals surface area contributed by atoms with Crippen LogP contribution in [-0.2, 0) is 6.54 Å². The van der Waals surface area contributed by atoms with E-state index in [1.807, 2.05) is 12.1 Å². The van der Waals surface area contributed by atoms with E-state index in [0.717, 1.165) is 36.8 Å². The molecule has 0 aromatic carbocycles. The van der Waals surface area contributed by atoms with E-state index in [9.17, 15) is 4.79 Å². The molecule has 1 saturated heterocycles. The molecule has 2 aliphatic rings. The SMILES string of the molecule is O=c1ccc(-c2ccncc2)nn1CC1CN(CC2CCCCC2)C1. The fraction of sp³-hybridized carbons (Fsp3) is 0.550. The van der Waals surface area contributed by atoms with Gasteiger partial charge in [-0.15, -0.1) is 0 Å². The smallest absolute Gasteiger partial charge is 0.266 e. The van der Waals surface area contributed by atoms with E-state index >= 15 is 0 Å². The Kier molecular flexibility index (Phi) is 4.92. The third-order valence-corrected chi connectivity index (χ3v) is 5.55. The molecule has 25 heavy (non-hydrogen) atoms. The average Bonchev–Trinajstić information content (AvgIpc) is 2.63. The zero-order valence-corrected chi connectivity index (χ0v) is 14.7. The largest absolute Gasteiger partial charge is 0.302 e. The Hall–Kier alpha value is -2.01. The predicted octanol–water partition coefficient (Wildman–Crippen LogP) is 2.82. The Morgan fingerprint density at radius 3 is 2.44 bits per heavy atom. The minimum atomic E-state index is -0.0106. The summed E-state index contributed by atoms with van der Waals surface area (Å²) in [6.45, 7) is 4.17. The van der Waals surface area contributed by atoms with Crippen LogP contribution >= 0.6 is 0 Å². The summed E-state index contributed by atoms with van der Waals surface area (Å²) in [6, 6.07) is 7.27. The van der Waals surface area contributed by atoms with Gasteiger partial charge < -0.3 is 4.90 Å². The Labute approximate surface area is 148 Å². The van der Waals surface area contributed by atoms with Crippen LogP contribution in [0.2, 0.25) is 0 Å². The number of aromatic nitrogens is 3. The van der Waals surface area contributed by atoms with E-state index in [1.165, 1.54) is 38.6 Å². The van der Waals surface area contributed by atoms with Gasteiger partial charge in [-0.1, -0.05) is 19.3 Å². The molecular formula is C20H26N4O. The normalized spacial score (nSPS) is 19.7. The van der Waals surface area contributed by atoms with Crippen LogP contribution in [0, 0.1) is 11.8 Å². The standard InChI is InChI=1S/C20H26N4O/c25-20-7-6-19(18-8-10-21-11-9-18)22-24(20)15-17-13-23(14-17)12-16-4-2-1-3-5-16/h6-11,16-17H,1-5,12-15H2. The van der Waals surface area contributed by atoms with Crippen LogP contribution < -0.4 is 5.56 Å². The molecule has 0 atom stereocenters. The molecule has 2 aromatic heterocycles. The molecule has 0 bridgehead atoms. The molecule has 0 spiro atoms. The van der Waals surface area contributed by atoms with Gasteiger partial charge >= 0.3 is 0 Å². The summed E-state index contributed by atoms with van der Waals surface area (Å²) in [5.41, 5.74) is 1.82. The van der Waals surface area contributed by atoms with Gasteiger partial charge in [-0.25, -0.2) is 4.68 Å². The van der Waals surface area contributed by atoms with E-state index < -0.39 is 0 Å². The highest BCUT2D eigenvalue weighted by molar-refractivity contribution is 5.56. The van der Waals surface area contributed by atoms with Crippen LogP contribution in [0.4, 0.5) is 0 Å². The molecule has 0 radical (unpaired) electrons. The monoisotopic (exact) mass is 338 g/mol. The zero-order valence-electron chi connectivity index (χ0n) is 14.7. The zero-order chi connectivity index (χ0) is 17.1. The summed E-state index contributed by atoms with van der Waals surface area (Å²) in [6.07, 6.45) is 10.5. The quantitative estimate of drug-likeness (QED) is 0.841. The average molecular weight is 338 g/mol. The highest BCUT2D eigenvalue weighted by atomic mass is 16.1. The van der Waals surface area contributed by atoms with Crippen molar-refractivity contribution in [3.05, 3.63) is 47.0 Å². The maximum atomic E-state index is 12.2. The maximum absolute atomic E-state index is 12.2. The molecule has 4 rings (SSSR count). The molecule has 1 aliphatic heterocycles. The van der Waals surface area contributed by atoms with Crippen molar-refractivity contribution in [1.82, 2.24) is 19.7 Å². The molecule has 5 heteroatoms. The third kappa shape index (κ3) is 3.98. The van der Waals surface area contributed by atoms with E-state index in [1.54, 1.807) is 29.2 Å². The molecular weight excluding hydrogens is 312 g/mol. The summed E-state index contributed by atoms with van der Waals surface area (Å²) in [7, 11) is 0. The third-order valence-electron chi connectivity index (χ3n) is 5.55. The Bertz CT molecular complexity index is 746. The first-order chi connectivity index (χ1) is 12.3. The van der Waals surface area contributed by atoms with Gasteiger partial charge in [0.25, 0.3) is 5.56 Å². The summed E-state index contributed by atoms with van der Waals surface area (Å²) < 4.78 is 1.64. The molecule has 0 amide bonds. The first kappa shape index (κ1) is 16.5. The molecule has 1 aliphatic carbocycles. The van der Waals surface area contributed by atoms with Crippen molar-refractivity contribution in [2.45, 2.75) is 38.6 Å². The van der Waals surface area contributed by atoms with Crippen molar-refractivity contribution in [1.29, 1.82) is 0 Å². The van der Waals surface area contributed by atoms with E-state index in [4.69, 9.17) is 0 Å². The first-order valence-electron chi connectivity index (χ1n) is 9.49. The van der Waals surface area contributed by atoms with Crippen molar-refractivity contribution in [2.24, 2.45) is 11.8 Å². The van der Waals surface area contributed by atoms with Gasteiger partial charge in [0.15, 0.2) is 0 Å². The van der Waals surface area contributed by atoms with Gasteiger partial charge in [-0.2, -0.15) is 5.10 Å². The number of likely N-dealkylation sites (tertiary alicyclic amines) is 1. The summed E-state index contributed by atoms with van der Waals surface area (Å²) in [5, 5.41) is 4.56. The molecule has 2 fully saturated rings. The second kappa shape index (κ2) is 7.48. The van der Waals surface area contributed by atoms with Gasteiger partial charge in [0.2, 0.25) is 0 Å². The second-order valence-electron chi connectivity index (χ2n) is 7.56. The molecule has 0 unspecified atom stereocenters. The molecule has 0 N–H and O–H groups in total. The summed E-state index contributed by atoms with van der Waals surface area (Å²) >= 11 is 0. The van der Waals surface area contributed by atoms with E-state index in [2.05, 4.69) is 15.0 Å². The molecule has 3 heterocycles. The number of hydrogen-bond acceptors (Lipinski definition) is 4. The second-order valence-corrected chi connectivity index (χ2v) is 7.56. The number of nitrogens with zero attached hydrogens (tertiary/aromatic N) is 4. The molecule has 5 nitrogen and oxygen atoms in total. The van der Waals surface area contributed by atoms with Gasteiger partial charge in [0.1, 0.15) is 0 Å². The maximum Gasteiger partial charge on any atom is 0.266 e. The van der Waals surface area contributed by atoms with Crippen LogP contribution in [0.5, 0.6) is 0 Å². The lowest BCUT2D eigenvalue weighted by Gasteiger charge is -2.41. The fourth-order valence-electron chi connectivity index (χ4n) is 4.18. The van der Waals surface area contributed by atoms with Crippen LogP contribution in [0.25, 0.3) is 11.3 Å². The van der Waals surface area contributed by atoms with Crippen LogP contribution in [0.3, 0.4) is 0 Å². The van der Waals surface area contributed by atoms with Crippen LogP contribution in [-0.4, -0.2) is 39.3 Å². The highest BCUT2D eigenvalue weighted by Gasteiger charge is 2.29. The number of pyridine rings is 1. The van der Waals surface area contributed by atoms with E-state index in [-0.39, 0.29) is 5.56 Å². The van der Waals surface area contributed by atoms with Gasteiger partial charge in [0, 0.05) is 49.6 Å². The number of hydrogen-bond donors (Lipinski definition) is 0. The van der Waals surface area contributed by atoms with Crippen LogP contribution in [0.15, 0.2) is 41.5 Å². The van der Waals surface area contributed by atoms with E-state index in [0.29, 0.717) is 5.92 Å². The topological polar surface area (TPSA) is 51.0 Å². The van der Waals surface area contributed by atoms with Crippen molar-refractivity contribution in [3.8, 4) is 11.3 Å². The highest BCUT2D eigenvalue weighted by Crippen LogP contribution is 2.27. The van der Waals surface area contributed by atoms with Gasteiger partial charge in [0.05, 0.1) is 12.2 Å². The lowest BCUT2D eigenvalue weighted by molar-refractivity contribution is 0.0604. The van der Waals surface area contributed by atoms with Gasteiger partial charge in [-0.3, -0.25) is 9.78 Å². The van der Waals surface area contributed by atoms with Gasteiger partial charge in [-0.05, 0) is 37.0 Å². The Morgan fingerprint density at radius 2 is 1.68 bits per heavy atom. The predicted molar refractivity (Wildman–Crippen MR) is 98.2 cm³/mol. The molecule has 132 valence electrons. The van der Waals surface area contributed by atoms with Crippen molar-refractivity contribution in [3.63, 3.8) is 0 Å². The summed E-state index contributed by atoms with van der Waals surface area (Å²) in [4.78, 5) is 18.7. The Morgan fingerprint density at radius 1 is 0.920 bits per heavy atom. The lowest BCUT2D eigenvalue weighted by Crippen LogP contribution is -2.51.